The molecule has 2 rings (SSSR count). The number of rotatable bonds is 2. The van der Waals surface area contributed by atoms with Crippen molar-refractivity contribution >= 4 is 5.82 Å². The van der Waals surface area contributed by atoms with Crippen LogP contribution in [0.4, 0.5) is 5.82 Å². The molecule has 100 valence electrons. The van der Waals surface area contributed by atoms with Gasteiger partial charge in [0.2, 0.25) is 0 Å². The maximum atomic E-state index is 11.6. The number of nitrogen functional groups attached to an aromatic ring is 1. The van der Waals surface area contributed by atoms with Gasteiger partial charge in [0, 0.05) is 0 Å². The molecule has 1 fully saturated rings. The van der Waals surface area contributed by atoms with Gasteiger partial charge in [-0.05, 0) is 6.92 Å². The highest BCUT2D eigenvalue weighted by Gasteiger charge is 2.53. The highest BCUT2D eigenvalue weighted by atomic mass is 16.6. The monoisotopic (exact) mass is 258 g/mol. The Hall–Kier alpha value is -1.55. The van der Waals surface area contributed by atoms with Crippen molar-refractivity contribution in [1.29, 1.82) is 0 Å². The molecule has 0 saturated carbocycles. The van der Waals surface area contributed by atoms with Crippen molar-refractivity contribution in [2.24, 2.45) is 0 Å². The van der Waals surface area contributed by atoms with Gasteiger partial charge in [0.1, 0.15) is 23.6 Å². The third kappa shape index (κ3) is 1.86. The fourth-order valence-electron chi connectivity index (χ4n) is 1.87. The Kier molecular flexibility index (Phi) is 3.07. The molecule has 1 aliphatic rings. The molecule has 9 heteroatoms. The minimum atomic E-state index is -1.78. The molecule has 0 amide bonds. The van der Waals surface area contributed by atoms with E-state index in [0.29, 0.717) is 0 Å². The van der Waals surface area contributed by atoms with Gasteiger partial charge in [0.25, 0.3) is 0 Å². The molecule has 0 radical (unpaired) electrons. The third-order valence-electron chi connectivity index (χ3n) is 2.89. The van der Waals surface area contributed by atoms with Gasteiger partial charge in [-0.3, -0.25) is 0 Å². The maximum absolute atomic E-state index is 11.6. The highest BCUT2D eigenvalue weighted by Crippen LogP contribution is 2.36. The second kappa shape index (κ2) is 4.28. The molecule has 5 N–H and O–H groups in total. The van der Waals surface area contributed by atoms with Gasteiger partial charge in [-0.2, -0.15) is 14.8 Å². The number of hydrogen-bond acceptors (Lipinski definition) is 8. The van der Waals surface area contributed by atoms with E-state index in [-0.39, 0.29) is 5.82 Å². The summed E-state index contributed by atoms with van der Waals surface area (Å²) in [6, 6.07) is 0. The van der Waals surface area contributed by atoms with E-state index in [4.69, 9.17) is 15.6 Å². The second-order valence-corrected chi connectivity index (χ2v) is 4.29. The lowest BCUT2D eigenvalue weighted by Gasteiger charge is -2.26. The van der Waals surface area contributed by atoms with E-state index in [1.54, 1.807) is 0 Å². The van der Waals surface area contributed by atoms with Crippen LogP contribution in [0.2, 0.25) is 0 Å². The van der Waals surface area contributed by atoms with E-state index < -0.39 is 36.3 Å². The van der Waals surface area contributed by atoms with Crippen molar-refractivity contribution in [3.63, 3.8) is 0 Å². The van der Waals surface area contributed by atoms with E-state index >= 15 is 0 Å². The lowest BCUT2D eigenvalue weighted by Crippen LogP contribution is -2.47. The van der Waals surface area contributed by atoms with Crippen LogP contribution in [-0.2, 0) is 4.74 Å². The molecule has 18 heavy (non-hydrogen) atoms. The van der Waals surface area contributed by atoms with E-state index in [2.05, 4.69) is 10.1 Å². The maximum Gasteiger partial charge on any atom is 0.368 e. The second-order valence-electron chi connectivity index (χ2n) is 4.29. The van der Waals surface area contributed by atoms with Crippen LogP contribution in [0.1, 0.15) is 13.2 Å². The van der Waals surface area contributed by atoms with Gasteiger partial charge in [-0.15, -0.1) is 0 Å². The summed E-state index contributed by atoms with van der Waals surface area (Å²) in [5, 5.41) is 32.6. The van der Waals surface area contributed by atoms with Gasteiger partial charge < -0.3 is 25.8 Å². The number of ether oxygens (including phenoxy) is 1. The zero-order chi connectivity index (χ0) is 13.5. The summed E-state index contributed by atoms with van der Waals surface area (Å²) >= 11 is 0. The fraction of sp³-hybridized carbons (Fsp3) is 0.667. The normalized spacial score (nSPS) is 35.9. The zero-order valence-corrected chi connectivity index (χ0v) is 9.59. The van der Waals surface area contributed by atoms with Crippen LogP contribution in [0, 0.1) is 0 Å². The van der Waals surface area contributed by atoms with Crippen LogP contribution in [0.3, 0.4) is 0 Å². The molecule has 2 heterocycles. The van der Waals surface area contributed by atoms with Crippen LogP contribution in [0.15, 0.2) is 11.0 Å². The molecule has 1 saturated heterocycles. The van der Waals surface area contributed by atoms with Crippen molar-refractivity contribution in [2.45, 2.75) is 31.0 Å². The first-order valence-corrected chi connectivity index (χ1v) is 5.26. The summed E-state index contributed by atoms with van der Waals surface area (Å²) in [7, 11) is 0. The Morgan fingerprint density at radius 3 is 2.83 bits per heavy atom. The van der Waals surface area contributed by atoms with Gasteiger partial charge >= 0.3 is 5.69 Å². The van der Waals surface area contributed by atoms with Crippen molar-refractivity contribution < 1.29 is 20.1 Å². The number of anilines is 1. The number of aromatic nitrogens is 3. The predicted octanol–water partition coefficient (Wildman–Crippen LogP) is -2.78. The third-order valence-corrected chi connectivity index (χ3v) is 2.89. The van der Waals surface area contributed by atoms with Gasteiger partial charge in [0.15, 0.2) is 6.23 Å². The minimum Gasteiger partial charge on any atom is -0.394 e. The lowest BCUT2D eigenvalue weighted by molar-refractivity contribution is -0.105. The van der Waals surface area contributed by atoms with Crippen molar-refractivity contribution in [3.05, 3.63) is 16.7 Å². The summed E-state index contributed by atoms with van der Waals surface area (Å²) in [5.74, 6) is -0.0619. The number of aliphatic hydroxyl groups excluding tert-OH is 2. The molecule has 9 nitrogen and oxygen atoms in total. The fourth-order valence-corrected chi connectivity index (χ4v) is 1.87. The Bertz CT molecular complexity index is 502. The summed E-state index contributed by atoms with van der Waals surface area (Å²) in [5.41, 5.74) is 2.71. The van der Waals surface area contributed by atoms with E-state index in [9.17, 15) is 15.0 Å². The summed E-state index contributed by atoms with van der Waals surface area (Å²) < 4.78 is 5.99. The van der Waals surface area contributed by atoms with E-state index in [1.165, 1.54) is 6.92 Å². The predicted molar refractivity (Wildman–Crippen MR) is 58.3 cm³/mol. The lowest BCUT2D eigenvalue weighted by atomic mass is 9.97. The van der Waals surface area contributed by atoms with Crippen molar-refractivity contribution in [1.82, 2.24) is 14.8 Å². The van der Waals surface area contributed by atoms with Gasteiger partial charge in [-0.1, -0.05) is 0 Å². The first kappa shape index (κ1) is 12.9. The average Bonchev–Trinajstić information content (AvgIpc) is 2.52. The number of hydrogen-bond donors (Lipinski definition) is 4. The quantitative estimate of drug-likeness (QED) is 0.446. The molecule has 0 aliphatic carbocycles. The van der Waals surface area contributed by atoms with E-state index in [1.807, 2.05) is 0 Å². The highest BCUT2D eigenvalue weighted by molar-refractivity contribution is 5.19. The molecule has 0 spiro atoms. The molecule has 4 atom stereocenters. The topological polar surface area (TPSA) is 144 Å². The molecule has 1 aromatic heterocycles. The van der Waals surface area contributed by atoms with Gasteiger partial charge in [0.05, 0.1) is 12.8 Å². The molecular formula is C9H14N4O5. The standard InChI is InChI=1S/C9H14N4O5/c1-9(17)6(15)4(3-14)18-7(9)13-8(16)12-5(10)2-11-13/h2,4,6-7,14-15,17H,3H2,1H3,(H2,10,12,16)/t4-,6+,7-,9?/m1/s1. The summed E-state index contributed by atoms with van der Waals surface area (Å²) in [4.78, 5) is 15.0. The molecule has 1 aliphatic heterocycles. The van der Waals surface area contributed by atoms with Crippen LogP contribution in [0.5, 0.6) is 0 Å². The van der Waals surface area contributed by atoms with E-state index in [0.717, 1.165) is 10.9 Å². The smallest absolute Gasteiger partial charge is 0.368 e. The summed E-state index contributed by atoms with van der Waals surface area (Å²) in [6.07, 6.45) is -2.47. The minimum absolute atomic E-state index is 0.0619. The Morgan fingerprint density at radius 1 is 1.67 bits per heavy atom. The SMILES string of the molecule is CC1(O)[C@@H](O)[C@@H](CO)O[C@H]1n1ncc(N)nc1=O. The van der Waals surface area contributed by atoms with Crippen molar-refractivity contribution in [3.8, 4) is 0 Å². The first-order chi connectivity index (χ1) is 8.37. The largest absolute Gasteiger partial charge is 0.394 e. The Morgan fingerprint density at radius 2 is 2.33 bits per heavy atom. The molecule has 1 unspecified atom stereocenters. The number of aliphatic hydroxyl groups is 3. The summed E-state index contributed by atoms with van der Waals surface area (Å²) in [6.45, 7) is 0.785. The average molecular weight is 258 g/mol. The van der Waals surface area contributed by atoms with Crippen LogP contribution < -0.4 is 11.4 Å². The van der Waals surface area contributed by atoms with Crippen molar-refractivity contribution in [2.75, 3.05) is 12.3 Å². The number of nitrogens with zero attached hydrogens (tertiary/aromatic N) is 3. The molecular weight excluding hydrogens is 244 g/mol. The molecule has 0 bridgehead atoms. The first-order valence-electron chi connectivity index (χ1n) is 5.26. The molecule has 1 aromatic rings. The van der Waals surface area contributed by atoms with Gasteiger partial charge in [-0.25, -0.2) is 4.79 Å². The molecule has 0 aromatic carbocycles. The number of nitrogens with two attached hydrogens (primary N) is 1. The van der Waals surface area contributed by atoms with Crippen LogP contribution >= 0.6 is 0 Å². The zero-order valence-electron chi connectivity index (χ0n) is 9.59. The van der Waals surface area contributed by atoms with Crippen LogP contribution in [0.25, 0.3) is 0 Å². The Balaban J connectivity index is 2.42. The Labute approximate surface area is 101 Å². The van der Waals surface area contributed by atoms with Crippen LogP contribution in [-0.4, -0.2) is 54.5 Å².